The molecule has 20 heavy (non-hydrogen) atoms. The van der Waals surface area contributed by atoms with E-state index >= 15 is 0 Å². The van der Waals surface area contributed by atoms with E-state index in [1.54, 1.807) is 36.3 Å². The lowest BCUT2D eigenvalue weighted by Crippen LogP contribution is -2.33. The number of methoxy groups -OCH3 is 1. The molecule has 0 bridgehead atoms. The third kappa shape index (κ3) is 2.91. The van der Waals surface area contributed by atoms with Crippen molar-refractivity contribution >= 4 is 17.5 Å². The summed E-state index contributed by atoms with van der Waals surface area (Å²) in [7, 11) is 1.59. The normalized spacial score (nSPS) is 17.7. The van der Waals surface area contributed by atoms with Gasteiger partial charge >= 0.3 is 0 Å². The van der Waals surface area contributed by atoms with Crippen LogP contribution in [0, 0.1) is 18.3 Å². The summed E-state index contributed by atoms with van der Waals surface area (Å²) in [6, 6.07) is 7.18. The molecule has 1 aromatic rings. The maximum Gasteiger partial charge on any atom is 0.227 e. The summed E-state index contributed by atoms with van der Waals surface area (Å²) >= 11 is 0. The molecule has 1 N–H and O–H groups in total. The Morgan fingerprint density at radius 3 is 2.80 bits per heavy atom. The molecule has 2 amide bonds. The highest BCUT2D eigenvalue weighted by Gasteiger charge is 2.34. The van der Waals surface area contributed by atoms with Crippen LogP contribution in [0.3, 0.4) is 0 Å². The topological polar surface area (TPSA) is 58.6 Å². The predicted octanol–water partition coefficient (Wildman–Crippen LogP) is 0.797. The molecule has 1 fully saturated rings. The second-order valence-electron chi connectivity index (χ2n) is 4.53. The average molecular weight is 272 g/mol. The number of terminal acetylenes is 1. The van der Waals surface area contributed by atoms with Crippen molar-refractivity contribution in [3.8, 4) is 18.1 Å². The first-order chi connectivity index (χ1) is 9.65. The van der Waals surface area contributed by atoms with Gasteiger partial charge in [-0.15, -0.1) is 6.42 Å². The monoisotopic (exact) mass is 272 g/mol. The lowest BCUT2D eigenvalue weighted by molar-refractivity contribution is -0.126. The largest absolute Gasteiger partial charge is 0.497 e. The van der Waals surface area contributed by atoms with E-state index in [0.29, 0.717) is 6.54 Å². The van der Waals surface area contributed by atoms with Crippen molar-refractivity contribution in [2.75, 3.05) is 25.1 Å². The molecule has 1 heterocycles. The molecule has 1 aliphatic rings. The van der Waals surface area contributed by atoms with Gasteiger partial charge in [-0.05, 0) is 24.3 Å². The van der Waals surface area contributed by atoms with Gasteiger partial charge in [0, 0.05) is 18.7 Å². The summed E-state index contributed by atoms with van der Waals surface area (Å²) in [5.74, 6) is 2.49. The minimum absolute atomic E-state index is 0.0592. The molecule has 104 valence electrons. The van der Waals surface area contributed by atoms with Crippen molar-refractivity contribution in [1.29, 1.82) is 0 Å². The van der Waals surface area contributed by atoms with Gasteiger partial charge in [0.25, 0.3) is 0 Å². The van der Waals surface area contributed by atoms with E-state index in [4.69, 9.17) is 11.2 Å². The minimum atomic E-state index is -0.349. The molecule has 1 atom stereocenters. The van der Waals surface area contributed by atoms with Gasteiger partial charge in [0.15, 0.2) is 0 Å². The minimum Gasteiger partial charge on any atom is -0.497 e. The van der Waals surface area contributed by atoms with Crippen LogP contribution in [-0.4, -0.2) is 32.0 Å². The van der Waals surface area contributed by atoms with Crippen LogP contribution in [0.4, 0.5) is 5.69 Å². The van der Waals surface area contributed by atoms with Crippen LogP contribution in [0.1, 0.15) is 6.42 Å². The van der Waals surface area contributed by atoms with Crippen LogP contribution in [-0.2, 0) is 9.59 Å². The summed E-state index contributed by atoms with van der Waals surface area (Å²) in [6.45, 7) is 0.563. The molecule has 1 unspecified atom stereocenters. The van der Waals surface area contributed by atoms with E-state index in [-0.39, 0.29) is 30.7 Å². The van der Waals surface area contributed by atoms with E-state index in [2.05, 4.69) is 11.2 Å². The summed E-state index contributed by atoms with van der Waals surface area (Å²) in [5, 5.41) is 2.61. The summed E-state index contributed by atoms with van der Waals surface area (Å²) in [4.78, 5) is 25.4. The van der Waals surface area contributed by atoms with Crippen LogP contribution in [0.2, 0.25) is 0 Å². The SMILES string of the molecule is C#CCNC(=O)C1CC(=O)N(c2ccc(OC)cc2)C1. The number of nitrogens with one attached hydrogen (secondary N) is 1. The number of benzene rings is 1. The third-order valence-electron chi connectivity index (χ3n) is 3.24. The molecular weight excluding hydrogens is 256 g/mol. The third-order valence-corrected chi connectivity index (χ3v) is 3.24. The van der Waals surface area contributed by atoms with Gasteiger partial charge in [0.05, 0.1) is 19.6 Å². The Labute approximate surface area is 117 Å². The first-order valence-electron chi connectivity index (χ1n) is 6.31. The maximum atomic E-state index is 12.0. The molecule has 2 rings (SSSR count). The van der Waals surface area contributed by atoms with Crippen LogP contribution < -0.4 is 15.0 Å². The van der Waals surface area contributed by atoms with Gasteiger partial charge in [0.1, 0.15) is 5.75 Å². The van der Waals surface area contributed by atoms with Crippen molar-refractivity contribution < 1.29 is 14.3 Å². The van der Waals surface area contributed by atoms with Gasteiger partial charge in [0.2, 0.25) is 11.8 Å². The van der Waals surface area contributed by atoms with Crippen LogP contribution in [0.5, 0.6) is 5.75 Å². The van der Waals surface area contributed by atoms with Crippen molar-refractivity contribution in [1.82, 2.24) is 5.32 Å². The van der Waals surface area contributed by atoms with Gasteiger partial charge in [-0.25, -0.2) is 0 Å². The van der Waals surface area contributed by atoms with Gasteiger partial charge in [-0.1, -0.05) is 5.92 Å². The Morgan fingerprint density at radius 2 is 2.20 bits per heavy atom. The van der Waals surface area contributed by atoms with Crippen molar-refractivity contribution in [3.63, 3.8) is 0 Å². The van der Waals surface area contributed by atoms with E-state index in [1.807, 2.05) is 0 Å². The fourth-order valence-electron chi connectivity index (χ4n) is 2.18. The molecule has 1 aromatic carbocycles. The van der Waals surface area contributed by atoms with Crippen molar-refractivity contribution in [2.45, 2.75) is 6.42 Å². The fraction of sp³-hybridized carbons (Fsp3) is 0.333. The highest BCUT2D eigenvalue weighted by molar-refractivity contribution is 6.00. The fourth-order valence-corrected chi connectivity index (χ4v) is 2.18. The Kier molecular flexibility index (Phi) is 4.26. The number of carbonyl (C=O) groups excluding carboxylic acids is 2. The lowest BCUT2D eigenvalue weighted by Gasteiger charge is -2.16. The second-order valence-corrected chi connectivity index (χ2v) is 4.53. The Bertz CT molecular complexity index is 545. The average Bonchev–Trinajstić information content (AvgIpc) is 2.87. The number of carbonyl (C=O) groups is 2. The molecule has 1 saturated heterocycles. The molecular formula is C15H16N2O3. The Morgan fingerprint density at radius 1 is 1.50 bits per heavy atom. The number of hydrogen-bond acceptors (Lipinski definition) is 3. The van der Waals surface area contributed by atoms with Crippen LogP contribution in [0.25, 0.3) is 0 Å². The molecule has 0 aromatic heterocycles. The molecule has 0 spiro atoms. The zero-order valence-corrected chi connectivity index (χ0v) is 11.3. The zero-order valence-electron chi connectivity index (χ0n) is 11.3. The van der Waals surface area contributed by atoms with E-state index < -0.39 is 0 Å². The van der Waals surface area contributed by atoms with E-state index in [0.717, 1.165) is 11.4 Å². The maximum absolute atomic E-state index is 12.0. The zero-order chi connectivity index (χ0) is 14.5. The first kappa shape index (κ1) is 13.9. The number of rotatable bonds is 4. The predicted molar refractivity (Wildman–Crippen MR) is 75.3 cm³/mol. The number of hydrogen-bond donors (Lipinski definition) is 1. The molecule has 0 aliphatic carbocycles. The number of amides is 2. The summed E-state index contributed by atoms with van der Waals surface area (Å²) in [5.41, 5.74) is 0.767. The highest BCUT2D eigenvalue weighted by atomic mass is 16.5. The summed E-state index contributed by atoms with van der Waals surface area (Å²) in [6.07, 6.45) is 5.31. The molecule has 0 radical (unpaired) electrons. The number of ether oxygens (including phenoxy) is 1. The highest BCUT2D eigenvalue weighted by Crippen LogP contribution is 2.26. The smallest absolute Gasteiger partial charge is 0.227 e. The van der Waals surface area contributed by atoms with Crippen molar-refractivity contribution in [2.24, 2.45) is 5.92 Å². The first-order valence-corrected chi connectivity index (χ1v) is 6.31. The second kappa shape index (κ2) is 6.11. The quantitative estimate of drug-likeness (QED) is 0.825. The standard InChI is InChI=1S/C15H16N2O3/c1-3-8-16-15(19)11-9-14(18)17(10-11)12-4-6-13(20-2)7-5-12/h1,4-7,11H,8-10H2,2H3,(H,16,19). The van der Waals surface area contributed by atoms with Crippen LogP contribution in [0.15, 0.2) is 24.3 Å². The van der Waals surface area contributed by atoms with E-state index in [1.165, 1.54) is 0 Å². The Hall–Kier alpha value is -2.48. The number of anilines is 1. The van der Waals surface area contributed by atoms with Crippen LogP contribution >= 0.6 is 0 Å². The van der Waals surface area contributed by atoms with E-state index in [9.17, 15) is 9.59 Å². The molecule has 5 heteroatoms. The Balaban J connectivity index is 2.05. The van der Waals surface area contributed by atoms with Crippen molar-refractivity contribution in [3.05, 3.63) is 24.3 Å². The van der Waals surface area contributed by atoms with Gasteiger partial charge in [-0.3, -0.25) is 9.59 Å². The summed E-state index contributed by atoms with van der Waals surface area (Å²) < 4.78 is 5.08. The van der Waals surface area contributed by atoms with Gasteiger partial charge < -0.3 is 15.0 Å². The van der Waals surface area contributed by atoms with Gasteiger partial charge in [-0.2, -0.15) is 0 Å². The molecule has 0 saturated carbocycles. The molecule has 5 nitrogen and oxygen atoms in total. The molecule has 1 aliphatic heterocycles. The number of nitrogens with zero attached hydrogens (tertiary/aromatic N) is 1. The lowest BCUT2D eigenvalue weighted by atomic mass is 10.1.